The summed E-state index contributed by atoms with van der Waals surface area (Å²) in [5.74, 6) is 0.814. The van der Waals surface area contributed by atoms with Crippen LogP contribution in [0.25, 0.3) is 16.9 Å². The smallest absolute Gasteiger partial charge is 0.278 e. The number of likely N-dealkylation sites (tertiary alicyclic amines) is 1. The van der Waals surface area contributed by atoms with E-state index >= 15 is 0 Å². The van der Waals surface area contributed by atoms with Crippen LogP contribution < -0.4 is 15.8 Å². The molecule has 2 saturated heterocycles. The number of aromatic nitrogens is 5. The van der Waals surface area contributed by atoms with E-state index in [4.69, 9.17) is 4.98 Å². The quantitative estimate of drug-likeness (QED) is 0.265. The van der Waals surface area contributed by atoms with Crippen LogP contribution in [-0.4, -0.2) is 73.7 Å². The Bertz CT molecular complexity index is 1670. The number of rotatable bonds is 9. The number of benzene rings is 1. The first kappa shape index (κ1) is 30.0. The number of hydrogen-bond donors (Lipinski definition) is 2. The van der Waals surface area contributed by atoms with Gasteiger partial charge in [-0.1, -0.05) is 12.1 Å². The van der Waals surface area contributed by atoms with E-state index in [9.17, 15) is 14.3 Å². The molecule has 2 fully saturated rings. The summed E-state index contributed by atoms with van der Waals surface area (Å²) in [5, 5.41) is 14.2. The topological polar surface area (TPSA) is 104 Å². The Kier molecular flexibility index (Phi) is 8.26. The lowest BCUT2D eigenvalue weighted by Crippen LogP contribution is -2.47. The summed E-state index contributed by atoms with van der Waals surface area (Å²) in [7, 11) is 0. The SMILES string of the molecule is C=CCn1c(=O)c2cnc(Nc3ccc(N4CCC5(CCN(CCF)CC5)CC4)cc3)nc2n1-c1cccc(C(C)(C)O)n1. The van der Waals surface area contributed by atoms with Crippen molar-refractivity contribution in [1.29, 1.82) is 0 Å². The van der Waals surface area contributed by atoms with Gasteiger partial charge >= 0.3 is 0 Å². The minimum absolute atomic E-state index is 0.250. The average Bonchev–Trinajstić information content (AvgIpc) is 3.29. The Morgan fingerprint density at radius 1 is 1.05 bits per heavy atom. The molecule has 0 aliphatic carbocycles. The number of allylic oxidation sites excluding steroid dienone is 1. The molecule has 0 atom stereocenters. The highest BCUT2D eigenvalue weighted by atomic mass is 19.1. The van der Waals surface area contributed by atoms with Gasteiger partial charge in [-0.25, -0.2) is 23.7 Å². The molecule has 44 heavy (non-hydrogen) atoms. The van der Waals surface area contributed by atoms with E-state index in [1.54, 1.807) is 42.8 Å². The van der Waals surface area contributed by atoms with Crippen molar-refractivity contribution in [2.24, 2.45) is 5.41 Å². The minimum atomic E-state index is -1.15. The Hall–Kier alpha value is -4.09. The van der Waals surface area contributed by atoms with Gasteiger partial charge in [-0.2, -0.15) is 4.98 Å². The zero-order valence-corrected chi connectivity index (χ0v) is 25.5. The van der Waals surface area contributed by atoms with Gasteiger partial charge in [0, 0.05) is 37.2 Å². The molecule has 10 nitrogen and oxygen atoms in total. The first-order chi connectivity index (χ1) is 21.2. The number of hydrogen-bond acceptors (Lipinski definition) is 8. The van der Waals surface area contributed by atoms with Gasteiger partial charge in [-0.05, 0) is 94.4 Å². The molecule has 1 aromatic carbocycles. The van der Waals surface area contributed by atoms with Gasteiger partial charge < -0.3 is 20.2 Å². The molecule has 0 radical (unpaired) electrons. The lowest BCUT2D eigenvalue weighted by molar-refractivity contribution is 0.0738. The highest BCUT2D eigenvalue weighted by Gasteiger charge is 2.37. The fourth-order valence-electron chi connectivity index (χ4n) is 6.49. The van der Waals surface area contributed by atoms with Crippen LogP contribution >= 0.6 is 0 Å². The summed E-state index contributed by atoms with van der Waals surface area (Å²) in [4.78, 5) is 31.8. The van der Waals surface area contributed by atoms with Crippen LogP contribution in [-0.2, 0) is 12.1 Å². The van der Waals surface area contributed by atoms with Gasteiger partial charge in [0.25, 0.3) is 5.56 Å². The largest absolute Gasteiger partial charge is 0.384 e. The fraction of sp³-hybridized carbons (Fsp3) is 0.455. The molecule has 6 rings (SSSR count). The van der Waals surface area contributed by atoms with Crippen molar-refractivity contribution in [2.45, 2.75) is 51.7 Å². The number of alkyl halides is 1. The van der Waals surface area contributed by atoms with Crippen LogP contribution in [0.5, 0.6) is 0 Å². The maximum atomic E-state index is 13.3. The van der Waals surface area contributed by atoms with Gasteiger partial charge in [-0.15, -0.1) is 6.58 Å². The lowest BCUT2D eigenvalue weighted by atomic mass is 9.71. The third-order valence-electron chi connectivity index (χ3n) is 9.19. The normalized spacial score (nSPS) is 17.3. The second-order valence-corrected chi connectivity index (χ2v) is 12.5. The van der Waals surface area contributed by atoms with Crippen molar-refractivity contribution < 1.29 is 9.50 Å². The summed E-state index contributed by atoms with van der Waals surface area (Å²) in [6, 6.07) is 13.6. The molecule has 4 aromatic rings. The fourth-order valence-corrected chi connectivity index (χ4v) is 6.49. The Morgan fingerprint density at radius 2 is 1.75 bits per heavy atom. The molecule has 232 valence electrons. The summed E-state index contributed by atoms with van der Waals surface area (Å²) in [5.41, 5.74) is 1.90. The van der Waals surface area contributed by atoms with E-state index in [0.717, 1.165) is 31.9 Å². The van der Waals surface area contributed by atoms with E-state index in [0.29, 0.717) is 40.5 Å². The van der Waals surface area contributed by atoms with Crippen LogP contribution in [0.15, 0.2) is 66.1 Å². The Labute approximate surface area is 256 Å². The average molecular weight is 601 g/mol. The highest BCUT2D eigenvalue weighted by Crippen LogP contribution is 2.42. The summed E-state index contributed by atoms with van der Waals surface area (Å²) in [6.45, 7) is 11.8. The van der Waals surface area contributed by atoms with Crippen molar-refractivity contribution in [2.75, 3.05) is 49.6 Å². The van der Waals surface area contributed by atoms with Crippen molar-refractivity contribution in [3.05, 3.63) is 77.4 Å². The molecule has 0 bridgehead atoms. The van der Waals surface area contributed by atoms with Crippen molar-refractivity contribution in [3.8, 4) is 5.82 Å². The van der Waals surface area contributed by atoms with E-state index in [1.165, 1.54) is 42.2 Å². The number of fused-ring (bicyclic) bond motifs is 1. The molecule has 0 saturated carbocycles. The van der Waals surface area contributed by atoms with E-state index < -0.39 is 5.60 Å². The predicted molar refractivity (Wildman–Crippen MR) is 172 cm³/mol. The molecule has 2 N–H and O–H groups in total. The second kappa shape index (κ2) is 12.1. The van der Waals surface area contributed by atoms with Crippen molar-refractivity contribution in [1.82, 2.24) is 29.2 Å². The number of aliphatic hydroxyl groups is 1. The van der Waals surface area contributed by atoms with Gasteiger partial charge in [0.1, 0.15) is 17.7 Å². The number of halogens is 1. The Balaban J connectivity index is 1.19. The monoisotopic (exact) mass is 600 g/mol. The molecule has 1 spiro atoms. The van der Waals surface area contributed by atoms with E-state index in [2.05, 4.69) is 43.8 Å². The van der Waals surface area contributed by atoms with Gasteiger partial charge in [0.05, 0.1) is 12.2 Å². The standard InChI is InChI=1S/C33H41FN8O2/c1-4-17-41-30(43)26-23-35-31(38-29(26)42(41)28-7-5-6-27(37-28)32(2,3)44)36-24-8-10-25(11-9-24)40-20-14-33(15-21-40)12-18-39(19-13-33)22-16-34/h4-11,23,44H,1,12-22H2,2-3H3,(H,35,36,38). The van der Waals surface area contributed by atoms with Gasteiger partial charge in [0.2, 0.25) is 5.95 Å². The maximum absolute atomic E-state index is 13.3. The number of nitrogens with one attached hydrogen (secondary N) is 1. The zero-order chi connectivity index (χ0) is 30.9. The maximum Gasteiger partial charge on any atom is 0.278 e. The molecule has 2 aliphatic rings. The summed E-state index contributed by atoms with van der Waals surface area (Å²) < 4.78 is 15.9. The third kappa shape index (κ3) is 5.98. The first-order valence-electron chi connectivity index (χ1n) is 15.4. The first-order valence-corrected chi connectivity index (χ1v) is 15.4. The van der Waals surface area contributed by atoms with E-state index in [1.807, 2.05) is 12.1 Å². The highest BCUT2D eigenvalue weighted by molar-refractivity contribution is 5.77. The lowest BCUT2D eigenvalue weighted by Gasteiger charge is -2.47. The van der Waals surface area contributed by atoms with Gasteiger partial charge in [0.15, 0.2) is 11.5 Å². The van der Waals surface area contributed by atoms with Crippen LogP contribution in [0.2, 0.25) is 0 Å². The van der Waals surface area contributed by atoms with Crippen LogP contribution in [0.3, 0.4) is 0 Å². The van der Waals surface area contributed by atoms with Crippen molar-refractivity contribution in [3.63, 3.8) is 0 Å². The molecule has 11 heteroatoms. The van der Waals surface area contributed by atoms with Crippen molar-refractivity contribution >= 4 is 28.4 Å². The molecular formula is C33H41FN8O2. The van der Waals surface area contributed by atoms with Crippen LogP contribution in [0.4, 0.5) is 21.7 Å². The molecule has 2 aliphatic heterocycles. The number of anilines is 3. The second-order valence-electron chi connectivity index (χ2n) is 12.5. The minimum Gasteiger partial charge on any atom is -0.384 e. The number of nitrogens with zero attached hydrogens (tertiary/aromatic N) is 7. The molecule has 5 heterocycles. The zero-order valence-electron chi connectivity index (χ0n) is 25.5. The molecule has 0 unspecified atom stereocenters. The molecule has 3 aromatic heterocycles. The van der Waals surface area contributed by atoms with Crippen LogP contribution in [0, 0.1) is 5.41 Å². The number of pyridine rings is 1. The Morgan fingerprint density at radius 3 is 2.41 bits per heavy atom. The van der Waals surface area contributed by atoms with E-state index in [-0.39, 0.29) is 18.8 Å². The molecule has 0 amide bonds. The summed E-state index contributed by atoms with van der Waals surface area (Å²) in [6.07, 6.45) is 7.85. The predicted octanol–water partition coefficient (Wildman–Crippen LogP) is 4.79. The van der Waals surface area contributed by atoms with Gasteiger partial charge in [-0.3, -0.25) is 4.79 Å². The molecular weight excluding hydrogens is 559 g/mol. The number of piperidine rings is 2. The summed E-state index contributed by atoms with van der Waals surface area (Å²) >= 11 is 0. The van der Waals surface area contributed by atoms with Crippen LogP contribution in [0.1, 0.15) is 45.2 Å². The third-order valence-corrected chi connectivity index (χ3v) is 9.19.